The minimum absolute atomic E-state index is 0.482. The average molecular weight is 323 g/mol. The molecule has 3 aromatic rings. The van der Waals surface area contributed by atoms with Gasteiger partial charge in [-0.3, -0.25) is 0 Å². The van der Waals surface area contributed by atoms with Crippen LogP contribution in [0.25, 0.3) is 22.0 Å². The second-order valence-corrected chi connectivity index (χ2v) is 5.88. The van der Waals surface area contributed by atoms with Gasteiger partial charge in [0.2, 0.25) is 5.88 Å². The quantitative estimate of drug-likeness (QED) is 0.703. The average Bonchev–Trinajstić information content (AvgIpc) is 2.59. The van der Waals surface area contributed by atoms with E-state index in [1.54, 1.807) is 0 Å². The first-order valence-corrected chi connectivity index (χ1v) is 7.87. The van der Waals surface area contributed by atoms with E-state index in [0.29, 0.717) is 18.3 Å². The molecule has 24 heavy (non-hydrogen) atoms. The maximum absolute atomic E-state index is 5.93. The first kappa shape index (κ1) is 16.1. The van der Waals surface area contributed by atoms with Gasteiger partial charge in [-0.15, -0.1) is 0 Å². The van der Waals surface area contributed by atoms with Gasteiger partial charge in [-0.1, -0.05) is 6.07 Å². The number of ether oxygens (including phenoxy) is 1. The fraction of sp³-hybridized carbons (Fsp3) is 0.278. The van der Waals surface area contributed by atoms with Crippen LogP contribution in [0.1, 0.15) is 6.42 Å². The number of benzene rings is 1. The van der Waals surface area contributed by atoms with Crippen molar-refractivity contribution in [2.24, 2.45) is 0 Å². The van der Waals surface area contributed by atoms with Crippen LogP contribution in [-0.2, 0) is 0 Å². The highest BCUT2D eigenvalue weighted by molar-refractivity contribution is 5.91. The third-order valence-corrected chi connectivity index (χ3v) is 3.74. The van der Waals surface area contributed by atoms with Gasteiger partial charge in [0.05, 0.1) is 12.1 Å². The Labute approximate surface area is 141 Å². The molecule has 3 rings (SSSR count). The van der Waals surface area contributed by atoms with Crippen LogP contribution in [-0.4, -0.2) is 47.1 Å². The highest BCUT2D eigenvalue weighted by Gasteiger charge is 2.05. The number of hydrogen-bond acceptors (Lipinski definition) is 6. The normalized spacial score (nSPS) is 11.1. The Morgan fingerprint density at radius 1 is 1.04 bits per heavy atom. The Balaban J connectivity index is 1.72. The van der Waals surface area contributed by atoms with Crippen LogP contribution in [0.15, 0.2) is 42.9 Å². The number of nitrogen functional groups attached to an aromatic ring is 1. The lowest BCUT2D eigenvalue weighted by Gasteiger charge is -2.10. The Morgan fingerprint density at radius 2 is 1.88 bits per heavy atom. The molecule has 0 saturated heterocycles. The van der Waals surface area contributed by atoms with Crippen molar-refractivity contribution in [2.75, 3.05) is 33.0 Å². The van der Waals surface area contributed by atoms with Crippen LogP contribution < -0.4 is 10.5 Å². The number of hydrogen-bond donors (Lipinski definition) is 1. The fourth-order valence-electron chi connectivity index (χ4n) is 2.45. The lowest BCUT2D eigenvalue weighted by atomic mass is 10.1. The molecule has 0 atom stereocenters. The molecule has 1 aromatic carbocycles. The molecule has 0 radical (unpaired) electrons. The first-order chi connectivity index (χ1) is 11.6. The molecule has 2 heterocycles. The van der Waals surface area contributed by atoms with Crippen LogP contribution in [0.5, 0.6) is 5.88 Å². The van der Waals surface area contributed by atoms with Crippen molar-refractivity contribution in [1.29, 1.82) is 0 Å². The van der Waals surface area contributed by atoms with E-state index < -0.39 is 0 Å². The van der Waals surface area contributed by atoms with Crippen LogP contribution >= 0.6 is 0 Å². The van der Waals surface area contributed by atoms with E-state index in [1.165, 1.54) is 6.33 Å². The van der Waals surface area contributed by atoms with Crippen molar-refractivity contribution >= 4 is 16.7 Å². The Bertz CT molecular complexity index is 817. The van der Waals surface area contributed by atoms with E-state index in [9.17, 15) is 0 Å². The molecule has 0 aliphatic heterocycles. The minimum Gasteiger partial charge on any atom is -0.478 e. The van der Waals surface area contributed by atoms with Gasteiger partial charge in [-0.2, -0.15) is 0 Å². The van der Waals surface area contributed by atoms with Crippen molar-refractivity contribution in [1.82, 2.24) is 19.9 Å². The summed E-state index contributed by atoms with van der Waals surface area (Å²) in [6.07, 6.45) is 4.25. The molecular formula is C18H21N5O. The summed E-state index contributed by atoms with van der Waals surface area (Å²) in [4.78, 5) is 14.8. The van der Waals surface area contributed by atoms with Crippen molar-refractivity contribution in [2.45, 2.75) is 6.42 Å². The Kier molecular flexibility index (Phi) is 4.86. The third-order valence-electron chi connectivity index (χ3n) is 3.74. The van der Waals surface area contributed by atoms with Gasteiger partial charge in [-0.25, -0.2) is 15.0 Å². The van der Waals surface area contributed by atoms with Gasteiger partial charge in [0.1, 0.15) is 12.1 Å². The molecule has 0 aliphatic carbocycles. The predicted molar refractivity (Wildman–Crippen MR) is 95.8 cm³/mol. The summed E-state index contributed by atoms with van der Waals surface area (Å²) in [6, 6.07) is 9.81. The van der Waals surface area contributed by atoms with Gasteiger partial charge in [0.15, 0.2) is 0 Å². The third kappa shape index (κ3) is 3.78. The molecule has 6 nitrogen and oxygen atoms in total. The van der Waals surface area contributed by atoms with E-state index in [1.807, 2.05) is 36.5 Å². The smallest absolute Gasteiger partial charge is 0.213 e. The number of fused-ring (bicyclic) bond motifs is 1. The molecule has 0 unspecified atom stereocenters. The van der Waals surface area contributed by atoms with E-state index in [0.717, 1.165) is 35.0 Å². The molecule has 124 valence electrons. The molecule has 0 amide bonds. The highest BCUT2D eigenvalue weighted by Crippen LogP contribution is 2.26. The van der Waals surface area contributed by atoms with Crippen LogP contribution in [0, 0.1) is 0 Å². The Morgan fingerprint density at radius 3 is 2.62 bits per heavy atom. The summed E-state index contributed by atoms with van der Waals surface area (Å²) >= 11 is 0. The summed E-state index contributed by atoms with van der Waals surface area (Å²) in [6.45, 7) is 1.66. The second kappa shape index (κ2) is 7.23. The van der Waals surface area contributed by atoms with Crippen LogP contribution in [0.4, 0.5) is 5.82 Å². The summed E-state index contributed by atoms with van der Waals surface area (Å²) in [5.74, 6) is 1.12. The molecule has 0 aliphatic rings. The number of pyridine rings is 1. The van der Waals surface area contributed by atoms with Gasteiger partial charge in [-0.05, 0) is 44.3 Å². The minimum atomic E-state index is 0.482. The second-order valence-electron chi connectivity index (χ2n) is 5.88. The predicted octanol–water partition coefficient (Wildman–Crippen LogP) is 2.60. The van der Waals surface area contributed by atoms with Gasteiger partial charge in [0, 0.05) is 29.8 Å². The van der Waals surface area contributed by atoms with E-state index in [2.05, 4.69) is 33.9 Å². The standard InChI is InChI=1S/C18H21N5O/c1-23(2)8-3-9-24-17-7-5-14(11-20-17)13-4-6-16-15(10-13)18(19)22-12-21-16/h4-7,10-12H,3,8-9H2,1-2H3,(H2,19,21,22). The topological polar surface area (TPSA) is 77.2 Å². The number of nitrogens with zero attached hydrogens (tertiary/aromatic N) is 4. The van der Waals surface area contributed by atoms with Gasteiger partial charge in [0.25, 0.3) is 0 Å². The van der Waals surface area contributed by atoms with E-state index in [4.69, 9.17) is 10.5 Å². The summed E-state index contributed by atoms with van der Waals surface area (Å²) in [5, 5.41) is 0.846. The number of nitrogens with two attached hydrogens (primary N) is 1. The maximum atomic E-state index is 5.93. The van der Waals surface area contributed by atoms with Crippen molar-refractivity contribution in [3.63, 3.8) is 0 Å². The fourth-order valence-corrected chi connectivity index (χ4v) is 2.45. The van der Waals surface area contributed by atoms with Gasteiger partial charge < -0.3 is 15.4 Å². The van der Waals surface area contributed by atoms with Crippen molar-refractivity contribution < 1.29 is 4.74 Å². The number of aromatic nitrogens is 3. The first-order valence-electron chi connectivity index (χ1n) is 7.87. The molecule has 2 aromatic heterocycles. The van der Waals surface area contributed by atoms with Crippen LogP contribution in [0.3, 0.4) is 0 Å². The number of anilines is 1. The molecule has 0 fully saturated rings. The molecule has 0 bridgehead atoms. The SMILES string of the molecule is CN(C)CCCOc1ccc(-c2ccc3ncnc(N)c3c2)cn1. The maximum Gasteiger partial charge on any atom is 0.213 e. The molecule has 2 N–H and O–H groups in total. The van der Waals surface area contributed by atoms with Gasteiger partial charge >= 0.3 is 0 Å². The largest absolute Gasteiger partial charge is 0.478 e. The van der Waals surface area contributed by atoms with E-state index in [-0.39, 0.29) is 0 Å². The summed E-state index contributed by atoms with van der Waals surface area (Å²) in [7, 11) is 4.10. The Hall–Kier alpha value is -2.73. The summed E-state index contributed by atoms with van der Waals surface area (Å²) in [5.41, 5.74) is 8.78. The number of rotatable bonds is 6. The van der Waals surface area contributed by atoms with Crippen molar-refractivity contribution in [3.05, 3.63) is 42.9 Å². The lowest BCUT2D eigenvalue weighted by molar-refractivity contribution is 0.273. The molecule has 6 heteroatoms. The van der Waals surface area contributed by atoms with Crippen LogP contribution in [0.2, 0.25) is 0 Å². The monoisotopic (exact) mass is 323 g/mol. The molecule has 0 spiro atoms. The zero-order valence-corrected chi connectivity index (χ0v) is 13.9. The zero-order valence-electron chi connectivity index (χ0n) is 13.9. The summed E-state index contributed by atoms with van der Waals surface area (Å²) < 4.78 is 5.66. The van der Waals surface area contributed by atoms with E-state index >= 15 is 0 Å². The lowest BCUT2D eigenvalue weighted by Crippen LogP contribution is -2.15. The highest BCUT2D eigenvalue weighted by atomic mass is 16.5. The molecule has 0 saturated carbocycles. The zero-order chi connectivity index (χ0) is 16.9. The van der Waals surface area contributed by atoms with Crippen molar-refractivity contribution in [3.8, 4) is 17.0 Å². The molecular weight excluding hydrogens is 302 g/mol.